The number of halogens is 1. The standard InChI is InChI=1S/C18H23ClN6O6/c1-20-7-18(15(27)14(26)12(31-18)6-29-17(28)30-8-19)13-5-4-11-16(22-10-24(2)3)21-9-23-25(11)13/h4-5,7,9-10,12,14-15,26-27H,6,8H2,1-3H3/b20-7?,22-10-/t12-,14-,15-,18+/m1/s1. The Kier molecular flexibility index (Phi) is 7.05. The van der Waals surface area contributed by atoms with Crippen molar-refractivity contribution in [3.8, 4) is 0 Å². The molecule has 0 spiro atoms. The number of nitrogens with zero attached hydrogens (tertiary/aromatic N) is 6. The predicted molar refractivity (Wildman–Crippen MR) is 111 cm³/mol. The fraction of sp³-hybridized carbons (Fsp3) is 0.500. The second-order valence-electron chi connectivity index (χ2n) is 6.89. The van der Waals surface area contributed by atoms with E-state index in [-0.39, 0.29) is 12.7 Å². The minimum absolute atomic E-state index is 0.371. The first-order valence-electron chi connectivity index (χ1n) is 9.20. The van der Waals surface area contributed by atoms with E-state index in [2.05, 4.69) is 24.8 Å². The molecule has 168 valence electrons. The van der Waals surface area contributed by atoms with Gasteiger partial charge in [-0.1, -0.05) is 11.6 Å². The van der Waals surface area contributed by atoms with Crippen molar-refractivity contribution in [1.29, 1.82) is 0 Å². The van der Waals surface area contributed by atoms with Gasteiger partial charge in [0.1, 0.15) is 36.8 Å². The molecule has 0 saturated carbocycles. The van der Waals surface area contributed by atoms with Crippen molar-refractivity contribution in [2.45, 2.75) is 23.9 Å². The minimum Gasteiger partial charge on any atom is -0.431 e. The zero-order valence-electron chi connectivity index (χ0n) is 17.1. The van der Waals surface area contributed by atoms with Crippen molar-refractivity contribution in [1.82, 2.24) is 19.5 Å². The van der Waals surface area contributed by atoms with Crippen LogP contribution in [0.25, 0.3) is 5.52 Å². The number of carbonyl (C=O) groups excluding carboxylic acids is 1. The van der Waals surface area contributed by atoms with E-state index in [0.29, 0.717) is 17.0 Å². The van der Waals surface area contributed by atoms with Crippen LogP contribution >= 0.6 is 11.6 Å². The summed E-state index contributed by atoms with van der Waals surface area (Å²) in [5.74, 6) is 0.398. The number of aliphatic hydroxyl groups is 2. The number of alkyl halides is 1. The molecule has 2 aromatic rings. The Balaban J connectivity index is 1.99. The van der Waals surface area contributed by atoms with Crippen molar-refractivity contribution >= 4 is 41.6 Å². The minimum atomic E-state index is -1.57. The second-order valence-corrected chi connectivity index (χ2v) is 7.11. The highest BCUT2D eigenvalue weighted by molar-refractivity contribution is 6.17. The molecule has 0 aliphatic carbocycles. The van der Waals surface area contributed by atoms with Crippen LogP contribution in [0, 0.1) is 0 Å². The van der Waals surface area contributed by atoms with Crippen molar-refractivity contribution in [2.75, 3.05) is 33.8 Å². The highest BCUT2D eigenvalue weighted by atomic mass is 35.5. The normalized spacial score (nSPS) is 26.2. The van der Waals surface area contributed by atoms with Gasteiger partial charge in [0.05, 0.1) is 12.0 Å². The maximum absolute atomic E-state index is 11.4. The summed E-state index contributed by atoms with van der Waals surface area (Å²) in [6.45, 7) is -0.371. The Labute approximate surface area is 182 Å². The number of hydrogen-bond donors (Lipinski definition) is 2. The van der Waals surface area contributed by atoms with Crippen molar-refractivity contribution in [2.24, 2.45) is 9.98 Å². The number of aliphatic hydroxyl groups excluding tert-OH is 2. The molecule has 0 radical (unpaired) electrons. The molecule has 3 heterocycles. The van der Waals surface area contributed by atoms with E-state index in [1.165, 1.54) is 24.1 Å². The maximum Gasteiger partial charge on any atom is 0.509 e. The summed E-state index contributed by atoms with van der Waals surface area (Å²) in [5, 5.41) is 25.7. The van der Waals surface area contributed by atoms with E-state index in [4.69, 9.17) is 21.1 Å². The lowest BCUT2D eigenvalue weighted by molar-refractivity contribution is -0.0621. The molecule has 1 aliphatic heterocycles. The third kappa shape index (κ3) is 4.46. The molecule has 1 fully saturated rings. The van der Waals surface area contributed by atoms with Gasteiger partial charge >= 0.3 is 6.16 Å². The summed E-state index contributed by atoms with van der Waals surface area (Å²) < 4.78 is 16.9. The van der Waals surface area contributed by atoms with Gasteiger partial charge in [-0.2, -0.15) is 5.10 Å². The van der Waals surface area contributed by atoms with Crippen LogP contribution in [0.2, 0.25) is 0 Å². The van der Waals surface area contributed by atoms with Crippen molar-refractivity contribution in [3.63, 3.8) is 0 Å². The van der Waals surface area contributed by atoms with Gasteiger partial charge in [0, 0.05) is 27.4 Å². The smallest absolute Gasteiger partial charge is 0.431 e. The molecule has 3 rings (SSSR count). The summed E-state index contributed by atoms with van der Waals surface area (Å²) >= 11 is 5.32. The Hall–Kier alpha value is -2.80. The highest BCUT2D eigenvalue weighted by Crippen LogP contribution is 2.40. The second kappa shape index (κ2) is 9.56. The van der Waals surface area contributed by atoms with E-state index < -0.39 is 30.1 Å². The number of ether oxygens (including phenoxy) is 3. The molecule has 0 unspecified atom stereocenters. The van der Waals surface area contributed by atoms with Crippen molar-refractivity contribution < 1.29 is 29.2 Å². The molecule has 2 N–H and O–H groups in total. The van der Waals surface area contributed by atoms with Crippen LogP contribution in [0.5, 0.6) is 0 Å². The molecule has 0 bridgehead atoms. The van der Waals surface area contributed by atoms with Crippen LogP contribution in [-0.2, 0) is 19.8 Å². The Bertz CT molecular complexity index is 982. The van der Waals surface area contributed by atoms with Gasteiger partial charge in [0.15, 0.2) is 17.5 Å². The first-order valence-corrected chi connectivity index (χ1v) is 9.74. The van der Waals surface area contributed by atoms with Gasteiger partial charge in [-0.15, -0.1) is 0 Å². The molecule has 4 atom stereocenters. The number of hydrogen-bond acceptors (Lipinski definition) is 10. The molecule has 12 nitrogen and oxygen atoms in total. The van der Waals surface area contributed by atoms with E-state index in [9.17, 15) is 15.0 Å². The largest absolute Gasteiger partial charge is 0.509 e. The van der Waals surface area contributed by atoms with Crippen molar-refractivity contribution in [3.05, 3.63) is 24.2 Å². The first-order chi connectivity index (χ1) is 14.8. The molecule has 0 aromatic carbocycles. The highest BCUT2D eigenvalue weighted by Gasteiger charge is 2.56. The maximum atomic E-state index is 11.4. The molecule has 1 aliphatic rings. The molecular formula is C18H23ClN6O6. The van der Waals surface area contributed by atoms with Crippen LogP contribution < -0.4 is 0 Å². The Morgan fingerprint density at radius 2 is 2.19 bits per heavy atom. The van der Waals surface area contributed by atoms with Gasteiger partial charge in [-0.3, -0.25) is 4.99 Å². The summed E-state index contributed by atoms with van der Waals surface area (Å²) in [4.78, 5) is 25.7. The lowest BCUT2D eigenvalue weighted by atomic mass is 9.92. The molecular weight excluding hydrogens is 432 g/mol. The SMILES string of the molecule is CN=C[C@@]1(c2ccc3c(/N=C\N(C)C)ncnn23)O[C@H](COC(=O)OCCl)[C@@H](O)[C@H]1O. The van der Waals surface area contributed by atoms with Gasteiger partial charge < -0.3 is 29.3 Å². The molecule has 13 heteroatoms. The van der Waals surface area contributed by atoms with Crippen LogP contribution in [0.4, 0.5) is 10.6 Å². The van der Waals surface area contributed by atoms with Crippen LogP contribution in [0.15, 0.2) is 28.4 Å². The Morgan fingerprint density at radius 3 is 2.87 bits per heavy atom. The van der Waals surface area contributed by atoms with Crippen LogP contribution in [-0.4, -0.2) is 101 Å². The molecule has 2 aromatic heterocycles. The van der Waals surface area contributed by atoms with Gasteiger partial charge in [0.25, 0.3) is 0 Å². The van der Waals surface area contributed by atoms with E-state index in [1.807, 2.05) is 14.1 Å². The Morgan fingerprint density at radius 1 is 1.42 bits per heavy atom. The summed E-state index contributed by atoms with van der Waals surface area (Å²) in [5.41, 5.74) is -0.633. The fourth-order valence-electron chi connectivity index (χ4n) is 3.28. The lowest BCUT2D eigenvalue weighted by Gasteiger charge is -2.27. The first kappa shape index (κ1) is 22.9. The summed E-state index contributed by atoms with van der Waals surface area (Å²) in [6.07, 6.45) is -0.631. The molecule has 31 heavy (non-hydrogen) atoms. The number of carbonyl (C=O) groups is 1. The average Bonchev–Trinajstić information content (AvgIpc) is 3.27. The van der Waals surface area contributed by atoms with Crippen LogP contribution in [0.3, 0.4) is 0 Å². The fourth-order valence-corrected chi connectivity index (χ4v) is 3.37. The predicted octanol–water partition coefficient (Wildman–Crippen LogP) is 0.317. The summed E-state index contributed by atoms with van der Waals surface area (Å²) in [7, 11) is 5.16. The van der Waals surface area contributed by atoms with E-state index >= 15 is 0 Å². The summed E-state index contributed by atoms with van der Waals surface area (Å²) in [6, 6.07) is 3.00. The van der Waals surface area contributed by atoms with E-state index in [1.54, 1.807) is 23.4 Å². The topological polar surface area (TPSA) is 143 Å². The van der Waals surface area contributed by atoms with Gasteiger partial charge in [0.2, 0.25) is 0 Å². The molecule has 0 amide bonds. The quantitative estimate of drug-likeness (QED) is 0.261. The average molecular weight is 455 g/mol. The number of aliphatic imine (C=N–C) groups is 2. The zero-order chi connectivity index (χ0) is 22.6. The molecule has 1 saturated heterocycles. The lowest BCUT2D eigenvalue weighted by Crippen LogP contribution is -2.43. The van der Waals surface area contributed by atoms with E-state index in [0.717, 1.165) is 0 Å². The zero-order valence-corrected chi connectivity index (χ0v) is 17.9. The number of fused-ring (bicyclic) bond motifs is 1. The third-order valence-corrected chi connectivity index (χ3v) is 4.70. The van der Waals surface area contributed by atoms with Gasteiger partial charge in [-0.05, 0) is 12.1 Å². The monoisotopic (exact) mass is 454 g/mol. The number of rotatable bonds is 7. The third-order valence-electron chi connectivity index (χ3n) is 4.59. The number of aromatic nitrogens is 3. The van der Waals surface area contributed by atoms with Gasteiger partial charge in [-0.25, -0.2) is 19.3 Å². The van der Waals surface area contributed by atoms with Crippen LogP contribution in [0.1, 0.15) is 5.69 Å².